The molecule has 0 radical (unpaired) electrons. The van der Waals surface area contributed by atoms with Crippen molar-refractivity contribution in [2.75, 3.05) is 6.54 Å². The second kappa shape index (κ2) is 7.01. The number of aromatic nitrogens is 1. The number of hydrogen-bond acceptors (Lipinski definition) is 5. The molecule has 4 N–H and O–H groups in total. The first-order valence-corrected chi connectivity index (χ1v) is 10.5. The number of primary sulfonamides is 1. The molecule has 1 heterocycles. The van der Waals surface area contributed by atoms with Crippen LogP contribution < -0.4 is 10.9 Å². The average Bonchev–Trinajstić information content (AvgIpc) is 2.96. The lowest BCUT2D eigenvalue weighted by Crippen LogP contribution is -2.12. The summed E-state index contributed by atoms with van der Waals surface area (Å²) < 4.78 is 24.4. The van der Waals surface area contributed by atoms with E-state index in [0.717, 1.165) is 16.1 Å². The quantitative estimate of drug-likeness (QED) is 0.692. The number of sulfonamides is 1. The van der Waals surface area contributed by atoms with Crippen molar-refractivity contribution < 1.29 is 8.42 Å². The molecule has 0 amide bonds. The van der Waals surface area contributed by atoms with Crippen LogP contribution in [0.5, 0.6) is 0 Å². The zero-order valence-electron chi connectivity index (χ0n) is 13.6. The van der Waals surface area contributed by atoms with Crippen LogP contribution in [0, 0.1) is 0 Å². The van der Waals surface area contributed by atoms with E-state index in [4.69, 9.17) is 22.5 Å². The number of thiazole rings is 1. The zero-order valence-corrected chi connectivity index (χ0v) is 16.0. The van der Waals surface area contributed by atoms with Crippen molar-refractivity contribution >= 4 is 43.2 Å². The van der Waals surface area contributed by atoms with Crippen molar-refractivity contribution in [2.24, 2.45) is 10.9 Å². The summed E-state index contributed by atoms with van der Waals surface area (Å²) in [5.41, 5.74) is 8.25. The molecule has 1 unspecified atom stereocenters. The Bertz CT molecular complexity index is 1030. The van der Waals surface area contributed by atoms with Crippen LogP contribution in [-0.2, 0) is 16.4 Å². The minimum absolute atomic E-state index is 0.00329. The number of rotatable bonds is 5. The average molecular weight is 396 g/mol. The molecule has 0 saturated carbocycles. The van der Waals surface area contributed by atoms with Gasteiger partial charge in [-0.1, -0.05) is 36.7 Å². The van der Waals surface area contributed by atoms with E-state index >= 15 is 0 Å². The normalized spacial score (nSPS) is 13.3. The van der Waals surface area contributed by atoms with Crippen molar-refractivity contribution in [3.8, 4) is 0 Å². The van der Waals surface area contributed by atoms with Crippen LogP contribution in [0.15, 0.2) is 41.3 Å². The zero-order chi connectivity index (χ0) is 18.2. The topological polar surface area (TPSA) is 99.1 Å². The Hall–Kier alpha value is -1.51. The summed E-state index contributed by atoms with van der Waals surface area (Å²) in [6.07, 6.45) is 0.592. The summed E-state index contributed by atoms with van der Waals surface area (Å²) in [7, 11) is -3.83. The molecule has 0 fully saturated rings. The third-order valence-corrected chi connectivity index (χ3v) is 6.53. The predicted molar refractivity (Wildman–Crippen MR) is 103 cm³/mol. The van der Waals surface area contributed by atoms with Gasteiger partial charge in [0.2, 0.25) is 10.0 Å². The lowest BCUT2D eigenvalue weighted by Gasteiger charge is -2.14. The van der Waals surface area contributed by atoms with Gasteiger partial charge in [0, 0.05) is 17.4 Å². The van der Waals surface area contributed by atoms with Crippen LogP contribution >= 0.6 is 22.9 Å². The highest BCUT2D eigenvalue weighted by molar-refractivity contribution is 7.89. The van der Waals surface area contributed by atoms with Crippen LogP contribution in [0.1, 0.15) is 29.0 Å². The van der Waals surface area contributed by atoms with Gasteiger partial charge in [0.25, 0.3) is 0 Å². The monoisotopic (exact) mass is 395 g/mol. The van der Waals surface area contributed by atoms with Gasteiger partial charge >= 0.3 is 0 Å². The van der Waals surface area contributed by atoms with E-state index in [1.54, 1.807) is 12.1 Å². The molecular formula is C17H18ClN3O2S2. The second-order valence-corrected chi connectivity index (χ2v) is 8.85. The van der Waals surface area contributed by atoms with Gasteiger partial charge in [-0.2, -0.15) is 0 Å². The van der Waals surface area contributed by atoms with E-state index in [-0.39, 0.29) is 10.8 Å². The van der Waals surface area contributed by atoms with Crippen LogP contribution in [-0.4, -0.2) is 19.9 Å². The van der Waals surface area contributed by atoms with Gasteiger partial charge < -0.3 is 5.73 Å². The summed E-state index contributed by atoms with van der Waals surface area (Å²) in [6, 6.07) is 10.9. The van der Waals surface area contributed by atoms with Crippen LogP contribution in [0.3, 0.4) is 0 Å². The maximum Gasteiger partial charge on any atom is 0.239 e. The molecule has 5 nitrogen and oxygen atoms in total. The van der Waals surface area contributed by atoms with Gasteiger partial charge in [0.05, 0.1) is 15.2 Å². The van der Waals surface area contributed by atoms with Crippen molar-refractivity contribution in [2.45, 2.75) is 24.2 Å². The highest BCUT2D eigenvalue weighted by atomic mass is 35.5. The molecule has 2 aromatic carbocycles. The Kier molecular flexibility index (Phi) is 5.13. The SMILES string of the molecule is CC(c1cccc(Cl)c1)c1ccc(S(N)(=O)=O)c2sc(CCN)nc12. The minimum atomic E-state index is -3.83. The van der Waals surface area contributed by atoms with E-state index in [2.05, 4.69) is 4.98 Å². The first-order valence-electron chi connectivity index (χ1n) is 7.72. The molecule has 3 aromatic rings. The highest BCUT2D eigenvalue weighted by Gasteiger charge is 2.21. The van der Waals surface area contributed by atoms with Crippen molar-refractivity contribution in [1.82, 2.24) is 4.98 Å². The number of benzene rings is 2. The second-order valence-electron chi connectivity index (χ2n) is 5.80. The van der Waals surface area contributed by atoms with E-state index in [1.165, 1.54) is 11.3 Å². The standard InChI is InChI=1S/C17H18ClN3O2S2/c1-10(11-3-2-4-12(18)9-11)13-5-6-14(25(20,22)23)17-16(13)21-15(24-17)7-8-19/h2-6,9-10H,7-8,19H2,1H3,(H2,20,22,23). The smallest absolute Gasteiger partial charge is 0.239 e. The number of halogens is 1. The largest absolute Gasteiger partial charge is 0.330 e. The van der Waals surface area contributed by atoms with Gasteiger partial charge in [-0.05, 0) is 35.9 Å². The fourth-order valence-corrected chi connectivity index (χ4v) is 5.11. The fourth-order valence-electron chi connectivity index (χ4n) is 2.81. The summed E-state index contributed by atoms with van der Waals surface area (Å²) in [5, 5.41) is 6.83. The Morgan fingerprint density at radius 3 is 2.68 bits per heavy atom. The molecule has 0 aliphatic rings. The summed E-state index contributed by atoms with van der Waals surface area (Å²) in [5.74, 6) is 0.00329. The maximum atomic E-state index is 11.9. The van der Waals surface area contributed by atoms with Crippen molar-refractivity contribution in [1.29, 1.82) is 0 Å². The Morgan fingerprint density at radius 1 is 1.28 bits per heavy atom. The van der Waals surface area contributed by atoms with Gasteiger partial charge in [0.15, 0.2) is 0 Å². The fraction of sp³-hybridized carbons (Fsp3) is 0.235. The van der Waals surface area contributed by atoms with Crippen molar-refractivity contribution in [3.05, 3.63) is 57.6 Å². The predicted octanol–water partition coefficient (Wildman–Crippen LogP) is 3.25. The molecule has 132 valence electrons. The number of nitrogens with two attached hydrogens (primary N) is 2. The van der Waals surface area contributed by atoms with Crippen LogP contribution in [0.25, 0.3) is 10.2 Å². The van der Waals surface area contributed by atoms with E-state index in [9.17, 15) is 8.42 Å². The summed E-state index contributed by atoms with van der Waals surface area (Å²) in [6.45, 7) is 2.49. The van der Waals surface area contributed by atoms with E-state index < -0.39 is 10.0 Å². The number of nitrogens with zero attached hydrogens (tertiary/aromatic N) is 1. The van der Waals surface area contributed by atoms with Crippen LogP contribution in [0.4, 0.5) is 0 Å². The molecule has 25 heavy (non-hydrogen) atoms. The number of fused-ring (bicyclic) bond motifs is 1. The molecule has 8 heteroatoms. The Balaban J connectivity index is 2.22. The van der Waals surface area contributed by atoms with E-state index in [1.807, 2.05) is 31.2 Å². The maximum absolute atomic E-state index is 11.9. The van der Waals surface area contributed by atoms with Crippen molar-refractivity contribution in [3.63, 3.8) is 0 Å². The van der Waals surface area contributed by atoms with Gasteiger partial charge in [0.1, 0.15) is 4.90 Å². The Labute approximate surface area is 155 Å². The molecule has 1 atom stereocenters. The molecule has 1 aromatic heterocycles. The molecular weight excluding hydrogens is 378 g/mol. The molecule has 0 spiro atoms. The van der Waals surface area contributed by atoms with Crippen LogP contribution in [0.2, 0.25) is 5.02 Å². The molecule has 0 saturated heterocycles. The summed E-state index contributed by atoms with van der Waals surface area (Å²) in [4.78, 5) is 4.73. The molecule has 0 aliphatic carbocycles. The lowest BCUT2D eigenvalue weighted by molar-refractivity contribution is 0.598. The number of hydrogen-bond donors (Lipinski definition) is 2. The molecule has 0 aliphatic heterocycles. The van der Waals surface area contributed by atoms with E-state index in [0.29, 0.717) is 28.2 Å². The molecule has 0 bridgehead atoms. The first kappa shape index (κ1) is 18.3. The Morgan fingerprint density at radius 2 is 2.04 bits per heavy atom. The van der Waals surface area contributed by atoms with Gasteiger partial charge in [-0.15, -0.1) is 11.3 Å². The molecule has 3 rings (SSSR count). The lowest BCUT2D eigenvalue weighted by atomic mass is 9.92. The highest BCUT2D eigenvalue weighted by Crippen LogP contribution is 2.36. The third kappa shape index (κ3) is 3.70. The summed E-state index contributed by atoms with van der Waals surface area (Å²) >= 11 is 7.43. The first-order chi connectivity index (χ1) is 11.8. The van der Waals surface area contributed by atoms with Gasteiger partial charge in [-0.3, -0.25) is 0 Å². The minimum Gasteiger partial charge on any atom is -0.330 e. The third-order valence-electron chi connectivity index (χ3n) is 4.06. The van der Waals surface area contributed by atoms with Gasteiger partial charge in [-0.25, -0.2) is 18.5 Å².